The number of piperidine rings is 2. The van der Waals surface area contributed by atoms with Crippen LogP contribution in [0.3, 0.4) is 0 Å². The van der Waals surface area contributed by atoms with Crippen LogP contribution in [0.15, 0.2) is 152 Å². The smallest absolute Gasteiger partial charge is 0.410 e. The zero-order valence-electron chi connectivity index (χ0n) is 51.7. The van der Waals surface area contributed by atoms with E-state index in [0.717, 1.165) is 152 Å². The molecule has 6 aliphatic rings. The number of pyridine rings is 4. The highest BCUT2D eigenvalue weighted by Gasteiger charge is 2.40. The molecule has 2 aliphatic carbocycles. The third-order valence-corrected chi connectivity index (χ3v) is 21.9. The van der Waals surface area contributed by atoms with Gasteiger partial charge in [-0.3, -0.25) is 19.8 Å². The highest BCUT2D eigenvalue weighted by atomic mass is 32.2. The van der Waals surface area contributed by atoms with Gasteiger partial charge in [-0.1, -0.05) is 54.4 Å². The second-order valence-corrected chi connectivity index (χ2v) is 27.4. The number of anilines is 4. The fraction of sp³-hybridized carbons (Fsp3) is 0.347. The number of hydrogen-bond acceptors (Lipinski definition) is 15. The Labute approximate surface area is 538 Å². The predicted octanol–water partition coefficient (Wildman–Crippen LogP) is 11.9. The number of amides is 1. The minimum atomic E-state index is -0.310. The summed E-state index contributed by atoms with van der Waals surface area (Å²) >= 11 is 1.91. The number of ether oxygens (including phenoxy) is 1. The van der Waals surface area contributed by atoms with E-state index in [1.165, 1.54) is 0 Å². The molecule has 2 saturated carbocycles. The molecule has 20 heteroatoms. The fourth-order valence-corrected chi connectivity index (χ4v) is 16.4. The number of halogens is 1. The molecule has 10 aromatic rings. The zero-order valence-corrected chi connectivity index (χ0v) is 52.6. The van der Waals surface area contributed by atoms with Gasteiger partial charge in [0.05, 0.1) is 41.4 Å². The maximum atomic E-state index is 17.2. The SMILES string of the molecule is CC1COC(=O)N1C1CCN(c2cccc(-c3ccc4nc(-c5ccc[n+](C6CCSN(C7CCN(c8cccc(-c9ccc%10nc(-c%11cccnc%11N)n(-c%11ccc(C%12(N)CCC%12)cc%11)c%10n9)c8F)CC7)C6)c5N)n(-c5ccc(C6(N)CCC6)cc5)c4n3)c2)CC1. The lowest BCUT2D eigenvalue weighted by Gasteiger charge is -2.41. The van der Waals surface area contributed by atoms with Crippen LogP contribution in [0.2, 0.25) is 0 Å². The van der Waals surface area contributed by atoms with Crippen molar-refractivity contribution in [1.29, 1.82) is 0 Å². The molecule has 18 nitrogen and oxygen atoms in total. The van der Waals surface area contributed by atoms with E-state index in [1.54, 1.807) is 6.20 Å². The molecule has 92 heavy (non-hydrogen) atoms. The number of imidazole rings is 2. The number of aromatic nitrogens is 8. The van der Waals surface area contributed by atoms with Crippen molar-refractivity contribution < 1.29 is 18.5 Å². The first kappa shape index (κ1) is 58.2. The van der Waals surface area contributed by atoms with Gasteiger partial charge >= 0.3 is 6.09 Å². The van der Waals surface area contributed by atoms with Gasteiger partial charge in [-0.2, -0.15) is 0 Å². The minimum Gasteiger partial charge on any atom is -0.447 e. The van der Waals surface area contributed by atoms with E-state index in [4.69, 9.17) is 47.6 Å². The summed E-state index contributed by atoms with van der Waals surface area (Å²) in [4.78, 5) is 44.5. The van der Waals surface area contributed by atoms with Crippen molar-refractivity contribution in [2.45, 2.75) is 113 Å². The van der Waals surface area contributed by atoms with Crippen molar-refractivity contribution in [2.75, 3.05) is 66.4 Å². The molecule has 4 aromatic carbocycles. The molecule has 10 heterocycles. The Bertz CT molecular complexity index is 4460. The maximum Gasteiger partial charge on any atom is 0.410 e. The van der Waals surface area contributed by atoms with Crippen molar-refractivity contribution in [3.05, 3.63) is 169 Å². The lowest BCUT2D eigenvalue weighted by molar-refractivity contribution is -0.709. The van der Waals surface area contributed by atoms with Gasteiger partial charge in [0.1, 0.15) is 35.1 Å². The van der Waals surface area contributed by atoms with Gasteiger partial charge in [0.15, 0.2) is 28.8 Å². The van der Waals surface area contributed by atoms with Crippen molar-refractivity contribution >= 4 is 63.4 Å². The summed E-state index contributed by atoms with van der Waals surface area (Å²) in [6, 6.07) is 47.7. The second kappa shape index (κ2) is 23.3. The van der Waals surface area contributed by atoms with E-state index in [1.807, 2.05) is 63.9 Å². The molecule has 16 rings (SSSR count). The van der Waals surface area contributed by atoms with Gasteiger partial charge in [0.25, 0.3) is 5.82 Å². The molecule has 2 atom stereocenters. The van der Waals surface area contributed by atoms with Crippen LogP contribution in [0.5, 0.6) is 0 Å². The summed E-state index contributed by atoms with van der Waals surface area (Å²) in [5.41, 5.74) is 39.7. The molecule has 6 fully saturated rings. The second-order valence-electron chi connectivity index (χ2n) is 26.2. The molecule has 6 aromatic heterocycles. The van der Waals surface area contributed by atoms with Crippen LogP contribution >= 0.6 is 11.9 Å². The summed E-state index contributed by atoms with van der Waals surface area (Å²) < 4.78 is 31.6. The Kier molecular flexibility index (Phi) is 14.7. The van der Waals surface area contributed by atoms with Crippen LogP contribution in [0.4, 0.5) is 32.2 Å². The van der Waals surface area contributed by atoms with Crippen molar-refractivity contribution in [3.63, 3.8) is 0 Å². The Morgan fingerprint density at radius 3 is 1.85 bits per heavy atom. The van der Waals surface area contributed by atoms with Crippen molar-refractivity contribution in [3.8, 4) is 56.7 Å². The monoisotopic (exact) mass is 1250 g/mol. The lowest BCUT2D eigenvalue weighted by atomic mass is 9.73. The summed E-state index contributed by atoms with van der Waals surface area (Å²) in [6.45, 7) is 6.43. The van der Waals surface area contributed by atoms with Gasteiger partial charge < -0.3 is 31.7 Å². The van der Waals surface area contributed by atoms with Gasteiger partial charge in [-0.15, -0.1) is 0 Å². The Morgan fingerprint density at radius 1 is 0.620 bits per heavy atom. The third kappa shape index (κ3) is 10.3. The number of hydrogen-bond donors (Lipinski definition) is 4. The molecule has 4 saturated heterocycles. The first-order valence-corrected chi connectivity index (χ1v) is 33.6. The number of carbonyl (C=O) groups excluding carboxylic acids is 1. The number of carbonyl (C=O) groups is 1. The average molecular weight is 1250 g/mol. The summed E-state index contributed by atoms with van der Waals surface area (Å²) in [5.74, 6) is 2.96. The van der Waals surface area contributed by atoms with Crippen LogP contribution in [0, 0.1) is 5.82 Å². The standard InChI is InChI=1S/C72H75FN16O2S/c1-45-44-91-70(90)87(45)52-28-37-83(38-29-52)53-9-2-8-46(42-53)58-22-24-60-68(79-58)89(51-20-16-48(17-21-51)72(77)33-7-34-72)67(82-60)57-12-5-36-85(65(57)75)54-30-41-92-86(43-54)49-26-39-84(40-27-49)62-13-3-10-55(63(62)73)59-23-25-61-69(80-59)88(66(81-61)56-11-4-35-78-64(56)74)50-18-14-47(15-19-50)71(76)31-6-32-71/h2-5,8-25,35-36,42,45,49,52,54,75H,6-7,26-34,37-41,43-44,76-77H2,1H3,(H2,74,78,81)/p+1. The van der Waals surface area contributed by atoms with Crippen LogP contribution in [-0.2, 0) is 15.8 Å². The molecule has 8 N–H and O–H groups in total. The largest absolute Gasteiger partial charge is 0.447 e. The van der Waals surface area contributed by atoms with Gasteiger partial charge in [0, 0.05) is 89.5 Å². The van der Waals surface area contributed by atoms with Gasteiger partial charge in [0.2, 0.25) is 0 Å². The maximum absolute atomic E-state index is 17.2. The van der Waals surface area contributed by atoms with E-state index in [9.17, 15) is 4.79 Å². The van der Waals surface area contributed by atoms with Crippen LogP contribution in [0.1, 0.15) is 94.7 Å². The number of nitrogens with two attached hydrogens (primary N) is 4. The Hall–Kier alpha value is -8.95. The number of nitrogens with zero attached hydrogens (tertiary/aromatic N) is 12. The normalized spacial score (nSPS) is 20.4. The van der Waals surface area contributed by atoms with E-state index < -0.39 is 0 Å². The van der Waals surface area contributed by atoms with Crippen LogP contribution in [-0.4, -0.2) is 113 Å². The highest BCUT2D eigenvalue weighted by Crippen LogP contribution is 2.43. The Balaban J connectivity index is 0.645. The first-order chi connectivity index (χ1) is 44.8. The third-order valence-electron chi connectivity index (χ3n) is 20.7. The molecule has 0 bridgehead atoms. The topological polar surface area (TPSA) is 222 Å². The highest BCUT2D eigenvalue weighted by molar-refractivity contribution is 7.97. The quantitative estimate of drug-likeness (QED) is 0.0623. The summed E-state index contributed by atoms with van der Waals surface area (Å²) in [7, 11) is 0. The van der Waals surface area contributed by atoms with Crippen molar-refractivity contribution in [2.24, 2.45) is 11.5 Å². The lowest BCUT2D eigenvalue weighted by Crippen LogP contribution is -2.52. The van der Waals surface area contributed by atoms with E-state index >= 15 is 4.39 Å². The molecular weight excluding hydrogens is 1170 g/mol. The van der Waals surface area contributed by atoms with E-state index in [0.29, 0.717) is 82.7 Å². The first-order valence-electron chi connectivity index (χ1n) is 32.7. The summed E-state index contributed by atoms with van der Waals surface area (Å²) in [6.07, 6.45) is 14.2. The number of benzene rings is 4. The molecular formula is C72H76FN16O2S+. The molecule has 4 aliphatic heterocycles. The molecule has 0 radical (unpaired) electrons. The van der Waals surface area contributed by atoms with E-state index in [-0.39, 0.29) is 41.1 Å². The fourth-order valence-electron chi connectivity index (χ4n) is 15.1. The molecule has 468 valence electrons. The summed E-state index contributed by atoms with van der Waals surface area (Å²) in [5, 5.41) is 0. The number of nitrogen functional groups attached to an aromatic ring is 2. The number of rotatable bonds is 13. The minimum absolute atomic E-state index is 0.0993. The zero-order chi connectivity index (χ0) is 62.4. The van der Waals surface area contributed by atoms with Gasteiger partial charge in [-0.25, -0.2) is 43.0 Å². The molecule has 1 amide bonds. The van der Waals surface area contributed by atoms with Crippen LogP contribution in [0.25, 0.3) is 79.0 Å². The van der Waals surface area contributed by atoms with Gasteiger partial charge in [-0.05, 0) is 186 Å². The predicted molar refractivity (Wildman–Crippen MR) is 362 cm³/mol. The molecule has 2 unspecified atom stereocenters. The Morgan fingerprint density at radius 2 is 1.22 bits per heavy atom. The van der Waals surface area contributed by atoms with E-state index in [2.05, 4.69) is 138 Å². The molecule has 0 spiro atoms. The van der Waals surface area contributed by atoms with Crippen molar-refractivity contribution in [1.82, 2.24) is 43.3 Å². The van der Waals surface area contributed by atoms with Crippen LogP contribution < -0.4 is 37.3 Å². The number of fused-ring (bicyclic) bond motifs is 2. The average Bonchev–Trinajstić information content (AvgIpc) is 1.59. The number of cyclic esters (lactones) is 1.